The number of rotatable bonds is 11. The predicted octanol–water partition coefficient (Wildman–Crippen LogP) is 4.00. The van der Waals surface area contributed by atoms with E-state index in [1.165, 1.54) is 51.4 Å². The third kappa shape index (κ3) is 6.26. The second kappa shape index (κ2) is 9.82. The summed E-state index contributed by atoms with van der Waals surface area (Å²) in [6.45, 7) is 3.20. The molecule has 23 heavy (non-hydrogen) atoms. The zero-order valence-corrected chi connectivity index (χ0v) is 14.0. The van der Waals surface area contributed by atoms with Crippen LogP contribution in [0.2, 0.25) is 0 Å². The largest absolute Gasteiger partial charge is 0.370 e. The zero-order chi connectivity index (χ0) is 16.3. The average molecular weight is 316 g/mol. The highest BCUT2D eigenvalue weighted by Crippen LogP contribution is 2.17. The second-order valence-electron chi connectivity index (χ2n) is 5.87. The number of pyridine rings is 1. The molecule has 0 aliphatic rings. The summed E-state index contributed by atoms with van der Waals surface area (Å²) < 4.78 is 0. The van der Waals surface area contributed by atoms with E-state index in [-0.39, 0.29) is 5.95 Å². The maximum Gasteiger partial charge on any atom is 0.239 e. The van der Waals surface area contributed by atoms with Gasteiger partial charge in [0.2, 0.25) is 5.95 Å². The molecule has 0 bridgehead atoms. The third-order valence-corrected chi connectivity index (χ3v) is 3.87. The Labute approximate surface area is 138 Å². The lowest BCUT2D eigenvalue weighted by Crippen LogP contribution is -2.03. The lowest BCUT2D eigenvalue weighted by Gasteiger charge is -2.06. The van der Waals surface area contributed by atoms with E-state index < -0.39 is 0 Å². The van der Waals surface area contributed by atoms with Crippen LogP contribution in [-0.4, -0.2) is 26.7 Å². The highest BCUT2D eigenvalue weighted by Gasteiger charge is 2.04. The first-order valence-corrected chi connectivity index (χ1v) is 8.67. The SMILES string of the molecule is CCCCCCCCCCNc1cc(-c2nc(N)n[nH]2)ccn1. The number of hydrogen-bond donors (Lipinski definition) is 3. The normalized spacial score (nSPS) is 10.8. The first-order chi connectivity index (χ1) is 11.3. The Morgan fingerprint density at radius 2 is 1.83 bits per heavy atom. The molecule has 0 unspecified atom stereocenters. The van der Waals surface area contributed by atoms with E-state index >= 15 is 0 Å². The first-order valence-electron chi connectivity index (χ1n) is 8.67. The number of anilines is 2. The quantitative estimate of drug-likeness (QED) is 0.545. The Bertz CT molecular complexity index is 566. The molecular weight excluding hydrogens is 288 g/mol. The Morgan fingerprint density at radius 1 is 1.09 bits per heavy atom. The third-order valence-electron chi connectivity index (χ3n) is 3.87. The summed E-state index contributed by atoms with van der Waals surface area (Å²) in [7, 11) is 0. The summed E-state index contributed by atoms with van der Waals surface area (Å²) in [6.07, 6.45) is 12.4. The highest BCUT2D eigenvalue weighted by atomic mass is 15.3. The summed E-state index contributed by atoms with van der Waals surface area (Å²) in [4.78, 5) is 8.46. The van der Waals surface area contributed by atoms with Gasteiger partial charge in [-0.05, 0) is 18.6 Å². The number of nitrogen functional groups attached to an aromatic ring is 1. The van der Waals surface area contributed by atoms with Gasteiger partial charge in [-0.25, -0.2) is 4.98 Å². The second-order valence-corrected chi connectivity index (χ2v) is 5.87. The summed E-state index contributed by atoms with van der Waals surface area (Å²) in [5.41, 5.74) is 6.47. The summed E-state index contributed by atoms with van der Waals surface area (Å²) in [5.74, 6) is 1.78. The van der Waals surface area contributed by atoms with Gasteiger partial charge in [0.05, 0.1) is 0 Å². The molecule has 6 nitrogen and oxygen atoms in total. The fraction of sp³-hybridized carbons (Fsp3) is 0.588. The van der Waals surface area contributed by atoms with Crippen LogP contribution in [-0.2, 0) is 0 Å². The van der Waals surface area contributed by atoms with E-state index in [2.05, 4.69) is 32.4 Å². The topological polar surface area (TPSA) is 92.5 Å². The summed E-state index contributed by atoms with van der Waals surface area (Å²) in [5, 5.41) is 10.0. The van der Waals surface area contributed by atoms with Gasteiger partial charge in [0.15, 0.2) is 5.82 Å². The molecule has 6 heteroatoms. The zero-order valence-electron chi connectivity index (χ0n) is 14.0. The molecule has 0 aliphatic carbocycles. The minimum absolute atomic E-state index is 0.255. The molecule has 126 valence electrons. The predicted molar refractivity (Wildman–Crippen MR) is 95.1 cm³/mol. The van der Waals surface area contributed by atoms with Gasteiger partial charge >= 0.3 is 0 Å². The van der Waals surface area contributed by atoms with E-state index in [1.54, 1.807) is 6.20 Å². The standard InChI is InChI=1S/C17H28N6/c1-2-3-4-5-6-7-8-9-11-19-15-13-14(10-12-20-15)16-21-17(18)23-22-16/h10,12-13H,2-9,11H2,1H3,(H,19,20)(H3,18,21,22,23). The monoisotopic (exact) mass is 316 g/mol. The molecule has 0 atom stereocenters. The molecule has 2 rings (SSSR count). The van der Waals surface area contributed by atoms with Crippen molar-refractivity contribution >= 4 is 11.8 Å². The van der Waals surface area contributed by atoms with Crippen LogP contribution in [0.15, 0.2) is 18.3 Å². The van der Waals surface area contributed by atoms with Crippen molar-refractivity contribution in [2.75, 3.05) is 17.6 Å². The Hall–Kier alpha value is -2.11. The number of H-pyrrole nitrogens is 1. The van der Waals surface area contributed by atoms with Gasteiger partial charge < -0.3 is 11.1 Å². The molecule has 0 fully saturated rings. The highest BCUT2D eigenvalue weighted by molar-refractivity contribution is 5.59. The molecule has 2 aromatic heterocycles. The van der Waals surface area contributed by atoms with E-state index in [4.69, 9.17) is 5.73 Å². The smallest absolute Gasteiger partial charge is 0.239 e. The summed E-state index contributed by atoms with van der Waals surface area (Å²) >= 11 is 0. The Kier molecular flexibility index (Phi) is 7.36. The molecule has 0 spiro atoms. The average Bonchev–Trinajstić information content (AvgIpc) is 3.00. The van der Waals surface area contributed by atoms with Gasteiger partial charge in [-0.1, -0.05) is 51.9 Å². The minimum atomic E-state index is 0.255. The molecular formula is C17H28N6. The minimum Gasteiger partial charge on any atom is -0.370 e. The van der Waals surface area contributed by atoms with Crippen molar-refractivity contribution in [3.05, 3.63) is 18.3 Å². The van der Waals surface area contributed by atoms with Crippen LogP contribution in [0, 0.1) is 0 Å². The van der Waals surface area contributed by atoms with Gasteiger partial charge in [0.25, 0.3) is 0 Å². The van der Waals surface area contributed by atoms with E-state index in [1.807, 2.05) is 12.1 Å². The molecule has 0 saturated heterocycles. The van der Waals surface area contributed by atoms with E-state index in [9.17, 15) is 0 Å². The van der Waals surface area contributed by atoms with E-state index in [0.717, 1.165) is 17.9 Å². The fourth-order valence-electron chi connectivity index (χ4n) is 2.55. The number of nitrogens with one attached hydrogen (secondary N) is 2. The van der Waals surface area contributed by atoms with Gasteiger partial charge in [-0.3, -0.25) is 5.10 Å². The number of unbranched alkanes of at least 4 members (excludes halogenated alkanes) is 7. The van der Waals surface area contributed by atoms with E-state index in [0.29, 0.717) is 5.82 Å². The van der Waals surface area contributed by atoms with Crippen LogP contribution >= 0.6 is 0 Å². The van der Waals surface area contributed by atoms with Crippen LogP contribution in [0.4, 0.5) is 11.8 Å². The van der Waals surface area contributed by atoms with Gasteiger partial charge in [0, 0.05) is 18.3 Å². The molecule has 2 heterocycles. The Balaban J connectivity index is 1.64. The van der Waals surface area contributed by atoms with Crippen LogP contribution < -0.4 is 11.1 Å². The van der Waals surface area contributed by atoms with Crippen LogP contribution in [0.1, 0.15) is 58.3 Å². The number of hydrogen-bond acceptors (Lipinski definition) is 5. The molecule has 0 amide bonds. The molecule has 4 N–H and O–H groups in total. The van der Waals surface area contributed by atoms with Crippen LogP contribution in [0.5, 0.6) is 0 Å². The molecule has 0 radical (unpaired) electrons. The number of aromatic amines is 1. The molecule has 0 aliphatic heterocycles. The molecule has 0 saturated carbocycles. The number of nitrogens with zero attached hydrogens (tertiary/aromatic N) is 3. The lowest BCUT2D eigenvalue weighted by molar-refractivity contribution is 0.581. The maximum atomic E-state index is 5.53. The summed E-state index contributed by atoms with van der Waals surface area (Å²) in [6, 6.07) is 3.85. The maximum absolute atomic E-state index is 5.53. The first kappa shape index (κ1) is 17.2. The lowest BCUT2D eigenvalue weighted by atomic mass is 10.1. The molecule has 0 aromatic carbocycles. The van der Waals surface area contributed by atoms with Gasteiger partial charge in [0.1, 0.15) is 5.82 Å². The van der Waals surface area contributed by atoms with Crippen molar-refractivity contribution in [2.45, 2.75) is 58.3 Å². The Morgan fingerprint density at radius 3 is 2.52 bits per heavy atom. The fourth-order valence-corrected chi connectivity index (χ4v) is 2.55. The number of aromatic nitrogens is 4. The molecule has 2 aromatic rings. The number of nitrogens with two attached hydrogens (primary N) is 1. The van der Waals surface area contributed by atoms with Crippen molar-refractivity contribution < 1.29 is 0 Å². The van der Waals surface area contributed by atoms with Crippen LogP contribution in [0.3, 0.4) is 0 Å². The van der Waals surface area contributed by atoms with Crippen LogP contribution in [0.25, 0.3) is 11.4 Å². The van der Waals surface area contributed by atoms with Crippen molar-refractivity contribution in [1.29, 1.82) is 0 Å². The van der Waals surface area contributed by atoms with Crippen molar-refractivity contribution in [3.63, 3.8) is 0 Å². The van der Waals surface area contributed by atoms with Gasteiger partial charge in [-0.2, -0.15) is 4.98 Å². The van der Waals surface area contributed by atoms with Gasteiger partial charge in [-0.15, -0.1) is 5.10 Å². The van der Waals surface area contributed by atoms with Crippen molar-refractivity contribution in [1.82, 2.24) is 20.2 Å². The van der Waals surface area contributed by atoms with Crippen molar-refractivity contribution in [3.8, 4) is 11.4 Å². The van der Waals surface area contributed by atoms with Crippen molar-refractivity contribution in [2.24, 2.45) is 0 Å².